The van der Waals surface area contributed by atoms with Gasteiger partial charge in [-0.25, -0.2) is 14.6 Å². The van der Waals surface area contributed by atoms with Crippen molar-refractivity contribution in [3.8, 4) is 0 Å². The highest BCUT2D eigenvalue weighted by Crippen LogP contribution is 2.29. The number of likely N-dealkylation sites (N-methyl/N-ethyl adjacent to an activating group) is 1. The summed E-state index contributed by atoms with van der Waals surface area (Å²) < 4.78 is 5.42. The van der Waals surface area contributed by atoms with Crippen molar-refractivity contribution in [2.75, 3.05) is 44.2 Å². The van der Waals surface area contributed by atoms with Gasteiger partial charge in [0.05, 0.1) is 23.7 Å². The molecular weight excluding hydrogens is 457 g/mol. The number of carboxylic acids is 1. The molecule has 2 fully saturated rings. The Balaban J connectivity index is 0.00000181. The lowest BCUT2D eigenvalue weighted by Crippen LogP contribution is -2.42. The van der Waals surface area contributed by atoms with Gasteiger partial charge < -0.3 is 19.6 Å². The maximum atomic E-state index is 13.1. The van der Waals surface area contributed by atoms with E-state index in [9.17, 15) is 9.59 Å². The van der Waals surface area contributed by atoms with E-state index in [1.54, 1.807) is 11.1 Å². The van der Waals surface area contributed by atoms with Crippen molar-refractivity contribution in [3.63, 3.8) is 0 Å². The largest absolute Gasteiger partial charge is 0.480 e. The quantitative estimate of drug-likeness (QED) is 0.654. The molecule has 1 N–H and O–H groups in total. The van der Waals surface area contributed by atoms with Crippen LogP contribution >= 0.6 is 24.8 Å². The summed E-state index contributed by atoms with van der Waals surface area (Å²) in [7, 11) is 0. The minimum Gasteiger partial charge on any atom is -0.480 e. The van der Waals surface area contributed by atoms with Crippen molar-refractivity contribution in [1.29, 1.82) is 0 Å². The van der Waals surface area contributed by atoms with Gasteiger partial charge in [-0.05, 0) is 32.2 Å². The van der Waals surface area contributed by atoms with E-state index in [2.05, 4.69) is 16.8 Å². The molecule has 2 amide bonds. The summed E-state index contributed by atoms with van der Waals surface area (Å²) in [5.74, 6) is -0.281. The third-order valence-electron chi connectivity index (χ3n) is 6.54. The standard InChI is InChI=1S/C21H31N5O4.2ClH/c1-2-24-9-7-17-18(8-10-24)23-19(13-22-17)26-12-11-25(21(26)29)15-3-5-16(6-4-15)30-14-20(27)28;;/h13,15-16H,2-12,14H2,1H3,(H,27,28);2*1H/t15-,16-;;. The van der Waals surface area contributed by atoms with Crippen LogP contribution in [0.3, 0.4) is 0 Å². The maximum Gasteiger partial charge on any atom is 0.329 e. The Hall–Kier alpha value is -1.68. The molecule has 180 valence electrons. The smallest absolute Gasteiger partial charge is 0.329 e. The molecule has 0 unspecified atom stereocenters. The summed E-state index contributed by atoms with van der Waals surface area (Å²) in [6.45, 7) is 6.26. The Bertz CT molecular complexity index is 791. The normalized spacial score (nSPS) is 23.7. The van der Waals surface area contributed by atoms with Crippen LogP contribution in [-0.2, 0) is 22.4 Å². The molecule has 32 heavy (non-hydrogen) atoms. The third kappa shape index (κ3) is 6.01. The number of aromatic nitrogens is 2. The summed E-state index contributed by atoms with van der Waals surface area (Å²) >= 11 is 0. The highest BCUT2D eigenvalue weighted by molar-refractivity contribution is 5.93. The lowest BCUT2D eigenvalue weighted by Gasteiger charge is -2.34. The van der Waals surface area contributed by atoms with E-state index in [0.717, 1.165) is 69.5 Å². The summed E-state index contributed by atoms with van der Waals surface area (Å²) in [5.41, 5.74) is 2.07. The van der Waals surface area contributed by atoms with Crippen LogP contribution in [0.4, 0.5) is 10.6 Å². The van der Waals surface area contributed by atoms with Gasteiger partial charge in [-0.2, -0.15) is 0 Å². The fraction of sp³-hybridized carbons (Fsp3) is 0.714. The van der Waals surface area contributed by atoms with Crippen LogP contribution in [0, 0.1) is 0 Å². The van der Waals surface area contributed by atoms with E-state index < -0.39 is 5.97 Å². The number of carbonyl (C=O) groups excluding carboxylic acids is 1. The number of urea groups is 1. The van der Waals surface area contributed by atoms with Crippen LogP contribution < -0.4 is 4.90 Å². The zero-order chi connectivity index (χ0) is 21.1. The summed E-state index contributed by atoms with van der Waals surface area (Å²) in [6.07, 6.45) is 6.75. The SMILES string of the molecule is CCN1CCc2ncc(N3CCN([C@H]4CC[C@H](OCC(=O)O)CC4)C3=O)nc2CC1.Cl.Cl. The van der Waals surface area contributed by atoms with Crippen molar-refractivity contribution in [1.82, 2.24) is 19.8 Å². The Labute approximate surface area is 201 Å². The molecule has 1 aromatic rings. The maximum absolute atomic E-state index is 13.1. The predicted molar refractivity (Wildman–Crippen MR) is 125 cm³/mol. The predicted octanol–water partition coefficient (Wildman–Crippen LogP) is 2.40. The molecule has 0 aromatic carbocycles. The molecule has 9 nitrogen and oxygen atoms in total. The van der Waals surface area contributed by atoms with Crippen molar-refractivity contribution in [2.45, 2.75) is 57.6 Å². The number of hydrogen-bond acceptors (Lipinski definition) is 6. The van der Waals surface area contributed by atoms with Crippen molar-refractivity contribution >= 4 is 42.6 Å². The van der Waals surface area contributed by atoms with E-state index in [0.29, 0.717) is 18.9 Å². The van der Waals surface area contributed by atoms with Gasteiger partial charge in [-0.1, -0.05) is 6.92 Å². The van der Waals surface area contributed by atoms with Crippen molar-refractivity contribution < 1.29 is 19.4 Å². The number of carbonyl (C=O) groups is 2. The van der Waals surface area contributed by atoms with Crippen LogP contribution in [0.25, 0.3) is 0 Å². The fourth-order valence-corrected chi connectivity index (χ4v) is 4.76. The van der Waals surface area contributed by atoms with E-state index in [1.165, 1.54) is 0 Å². The fourth-order valence-electron chi connectivity index (χ4n) is 4.76. The Morgan fingerprint density at radius 1 is 1.09 bits per heavy atom. The third-order valence-corrected chi connectivity index (χ3v) is 6.54. The molecule has 3 heterocycles. The van der Waals surface area contributed by atoms with Gasteiger partial charge in [0.1, 0.15) is 6.61 Å². The van der Waals surface area contributed by atoms with Crippen LogP contribution in [0.5, 0.6) is 0 Å². The lowest BCUT2D eigenvalue weighted by atomic mass is 9.92. The topological polar surface area (TPSA) is 99.1 Å². The zero-order valence-corrected chi connectivity index (χ0v) is 20.1. The number of amides is 2. The molecule has 1 aliphatic carbocycles. The first kappa shape index (κ1) is 26.6. The highest BCUT2D eigenvalue weighted by Gasteiger charge is 2.37. The van der Waals surface area contributed by atoms with Crippen molar-refractivity contribution in [2.24, 2.45) is 0 Å². The molecule has 4 rings (SSSR count). The first-order chi connectivity index (χ1) is 14.5. The van der Waals surface area contributed by atoms with Crippen molar-refractivity contribution in [3.05, 3.63) is 17.6 Å². The van der Waals surface area contributed by atoms with E-state index in [-0.39, 0.29) is 49.6 Å². The molecule has 1 saturated carbocycles. The number of hydrogen-bond donors (Lipinski definition) is 1. The molecule has 0 spiro atoms. The monoisotopic (exact) mass is 489 g/mol. The second kappa shape index (κ2) is 12.0. The average molecular weight is 490 g/mol. The molecule has 1 saturated heterocycles. The summed E-state index contributed by atoms with van der Waals surface area (Å²) in [4.78, 5) is 39.3. The second-order valence-electron chi connectivity index (χ2n) is 8.32. The molecular formula is C21H33Cl2N5O4. The van der Waals surface area contributed by atoms with E-state index in [4.69, 9.17) is 14.8 Å². The zero-order valence-electron chi connectivity index (χ0n) is 18.4. The van der Waals surface area contributed by atoms with Gasteiger partial charge in [-0.3, -0.25) is 9.88 Å². The summed E-state index contributed by atoms with van der Waals surface area (Å²) in [6, 6.07) is 0.182. The molecule has 0 bridgehead atoms. The first-order valence-corrected chi connectivity index (χ1v) is 11.0. The molecule has 0 atom stereocenters. The average Bonchev–Trinajstić information content (AvgIpc) is 3.01. The highest BCUT2D eigenvalue weighted by atomic mass is 35.5. The van der Waals surface area contributed by atoms with Crippen LogP contribution in [0.1, 0.15) is 44.0 Å². The van der Waals surface area contributed by atoms with Crippen LogP contribution in [0.2, 0.25) is 0 Å². The number of halogens is 2. The lowest BCUT2D eigenvalue weighted by molar-refractivity contribution is -0.145. The van der Waals surface area contributed by atoms with Crippen LogP contribution in [0.15, 0.2) is 6.20 Å². The number of nitrogens with zero attached hydrogens (tertiary/aromatic N) is 5. The van der Waals surface area contributed by atoms with Gasteiger partial charge in [-0.15, -0.1) is 24.8 Å². The minimum absolute atomic E-state index is 0. The number of aliphatic carboxylic acids is 1. The molecule has 11 heteroatoms. The van der Waals surface area contributed by atoms with Gasteiger partial charge in [0.25, 0.3) is 0 Å². The number of ether oxygens (including phenoxy) is 1. The summed E-state index contributed by atoms with van der Waals surface area (Å²) in [5, 5.41) is 8.76. The van der Waals surface area contributed by atoms with Gasteiger partial charge in [0, 0.05) is 45.1 Å². The minimum atomic E-state index is -0.938. The van der Waals surface area contributed by atoms with Gasteiger partial charge in [0.2, 0.25) is 0 Å². The van der Waals surface area contributed by atoms with E-state index >= 15 is 0 Å². The number of fused-ring (bicyclic) bond motifs is 1. The first-order valence-electron chi connectivity index (χ1n) is 11.0. The Morgan fingerprint density at radius 3 is 2.44 bits per heavy atom. The number of anilines is 1. The number of rotatable bonds is 6. The molecule has 2 aliphatic heterocycles. The van der Waals surface area contributed by atoms with E-state index in [1.807, 2.05) is 4.90 Å². The van der Waals surface area contributed by atoms with Gasteiger partial charge >= 0.3 is 12.0 Å². The second-order valence-corrected chi connectivity index (χ2v) is 8.32. The van der Waals surface area contributed by atoms with Crippen LogP contribution in [-0.4, -0.2) is 88.4 Å². The number of carboxylic acid groups (broad SMARTS) is 1. The van der Waals surface area contributed by atoms with Gasteiger partial charge in [0.15, 0.2) is 5.82 Å². The molecule has 0 radical (unpaired) electrons. The molecule has 1 aromatic heterocycles. The Morgan fingerprint density at radius 2 is 1.78 bits per heavy atom. The Kier molecular flexibility index (Phi) is 9.94. The molecule has 3 aliphatic rings.